The molecule has 31 heavy (non-hydrogen) atoms. The van der Waals surface area contributed by atoms with Gasteiger partial charge in [0.25, 0.3) is 0 Å². The third-order valence-electron chi connectivity index (χ3n) is 7.50. The molecule has 1 aromatic carbocycles. The molecule has 0 saturated carbocycles. The van der Waals surface area contributed by atoms with E-state index in [1.54, 1.807) is 0 Å². The molecule has 1 aliphatic heterocycles. The number of benzene rings is 1. The van der Waals surface area contributed by atoms with E-state index in [0.717, 1.165) is 32.6 Å². The number of likely N-dealkylation sites (tertiary alicyclic amines) is 1. The predicted molar refractivity (Wildman–Crippen MR) is 130 cm³/mol. The van der Waals surface area contributed by atoms with E-state index < -0.39 is 0 Å². The first kappa shape index (κ1) is 23.8. The SMILES string of the molecule is CCCCC1(N(C)C)CCN(CCN(C)C(=O)CCc2cn(C)c3ccccc23)CC1. The summed E-state index contributed by atoms with van der Waals surface area (Å²) in [6.07, 6.45) is 9.90. The molecule has 1 fully saturated rings. The topological polar surface area (TPSA) is 31.7 Å². The lowest BCUT2D eigenvalue weighted by Gasteiger charge is -2.46. The van der Waals surface area contributed by atoms with E-state index in [4.69, 9.17) is 0 Å². The molecule has 0 atom stereocenters. The molecule has 2 aromatic rings. The maximum Gasteiger partial charge on any atom is 0.222 e. The highest BCUT2D eigenvalue weighted by Gasteiger charge is 2.35. The fourth-order valence-electron chi connectivity index (χ4n) is 5.09. The van der Waals surface area contributed by atoms with Gasteiger partial charge >= 0.3 is 0 Å². The van der Waals surface area contributed by atoms with Crippen LogP contribution in [0.1, 0.15) is 51.0 Å². The van der Waals surface area contributed by atoms with Gasteiger partial charge in [0.1, 0.15) is 0 Å². The van der Waals surface area contributed by atoms with E-state index in [9.17, 15) is 4.79 Å². The molecular formula is C26H42N4O. The van der Waals surface area contributed by atoms with E-state index in [0.29, 0.717) is 12.0 Å². The van der Waals surface area contributed by atoms with Gasteiger partial charge in [-0.05, 0) is 64.5 Å². The number of piperidine rings is 1. The molecule has 0 radical (unpaired) electrons. The van der Waals surface area contributed by atoms with Crippen molar-refractivity contribution in [3.05, 3.63) is 36.0 Å². The summed E-state index contributed by atoms with van der Waals surface area (Å²) < 4.78 is 2.16. The molecule has 0 N–H and O–H groups in total. The number of unbranched alkanes of at least 4 members (excludes halogenated alkanes) is 1. The zero-order chi connectivity index (χ0) is 22.4. The highest BCUT2D eigenvalue weighted by atomic mass is 16.2. The van der Waals surface area contributed by atoms with Gasteiger partial charge in [0.05, 0.1) is 0 Å². The Morgan fingerprint density at radius 3 is 2.52 bits per heavy atom. The van der Waals surface area contributed by atoms with Crippen molar-refractivity contribution < 1.29 is 4.79 Å². The van der Waals surface area contributed by atoms with Crippen LogP contribution >= 0.6 is 0 Å². The maximum absolute atomic E-state index is 12.7. The van der Waals surface area contributed by atoms with Gasteiger partial charge < -0.3 is 19.3 Å². The van der Waals surface area contributed by atoms with Gasteiger partial charge in [-0.1, -0.05) is 38.0 Å². The molecule has 1 saturated heterocycles. The van der Waals surface area contributed by atoms with E-state index >= 15 is 0 Å². The van der Waals surface area contributed by atoms with Gasteiger partial charge in [0.2, 0.25) is 5.91 Å². The number of fused-ring (bicyclic) bond motifs is 1. The highest BCUT2D eigenvalue weighted by Crippen LogP contribution is 2.32. The molecule has 1 aromatic heterocycles. The number of likely N-dealkylation sites (N-methyl/N-ethyl adjacent to an activating group) is 1. The molecule has 1 amide bonds. The van der Waals surface area contributed by atoms with Gasteiger partial charge in [-0.15, -0.1) is 0 Å². The zero-order valence-electron chi connectivity index (χ0n) is 20.4. The van der Waals surface area contributed by atoms with Gasteiger partial charge in [-0.3, -0.25) is 4.79 Å². The number of hydrogen-bond donors (Lipinski definition) is 0. The smallest absolute Gasteiger partial charge is 0.222 e. The predicted octanol–water partition coefficient (Wildman–Crippen LogP) is 4.16. The quantitative estimate of drug-likeness (QED) is 0.572. The Morgan fingerprint density at radius 1 is 1.13 bits per heavy atom. The van der Waals surface area contributed by atoms with E-state index in [-0.39, 0.29) is 5.91 Å². The van der Waals surface area contributed by atoms with Gasteiger partial charge in [0.15, 0.2) is 0 Å². The highest BCUT2D eigenvalue weighted by molar-refractivity contribution is 5.84. The monoisotopic (exact) mass is 426 g/mol. The fraction of sp³-hybridized carbons (Fsp3) is 0.654. The Hall–Kier alpha value is -1.85. The van der Waals surface area contributed by atoms with Crippen molar-refractivity contribution in [1.29, 1.82) is 0 Å². The molecule has 172 valence electrons. The third-order valence-corrected chi connectivity index (χ3v) is 7.50. The molecular weight excluding hydrogens is 384 g/mol. The Kier molecular flexibility index (Phi) is 8.17. The molecule has 0 bridgehead atoms. The minimum Gasteiger partial charge on any atom is -0.350 e. The van der Waals surface area contributed by atoms with Crippen LogP contribution in [0.15, 0.2) is 30.5 Å². The van der Waals surface area contributed by atoms with Gasteiger partial charge in [-0.2, -0.15) is 0 Å². The summed E-state index contributed by atoms with van der Waals surface area (Å²) in [7, 11) is 8.52. The van der Waals surface area contributed by atoms with Crippen molar-refractivity contribution in [3.8, 4) is 0 Å². The first-order valence-corrected chi connectivity index (χ1v) is 12.0. The summed E-state index contributed by atoms with van der Waals surface area (Å²) in [5.41, 5.74) is 2.87. The first-order valence-electron chi connectivity index (χ1n) is 12.0. The summed E-state index contributed by atoms with van der Waals surface area (Å²) in [5, 5.41) is 1.27. The second-order valence-electron chi connectivity index (χ2n) is 9.66. The van der Waals surface area contributed by atoms with Gasteiger partial charge in [-0.25, -0.2) is 0 Å². The lowest BCUT2D eigenvalue weighted by molar-refractivity contribution is -0.130. The number of carbonyl (C=O) groups excluding carboxylic acids is 1. The lowest BCUT2D eigenvalue weighted by atomic mass is 9.82. The summed E-state index contributed by atoms with van der Waals surface area (Å²) in [4.78, 5) is 19.7. The number of nitrogens with zero attached hydrogens (tertiary/aromatic N) is 4. The van der Waals surface area contributed by atoms with Crippen LogP contribution in [0.4, 0.5) is 0 Å². The van der Waals surface area contributed by atoms with E-state index in [1.165, 1.54) is 48.6 Å². The van der Waals surface area contributed by atoms with Crippen molar-refractivity contribution in [1.82, 2.24) is 19.3 Å². The molecule has 5 nitrogen and oxygen atoms in total. The van der Waals surface area contributed by atoms with Crippen molar-refractivity contribution in [2.75, 3.05) is 47.3 Å². The van der Waals surface area contributed by atoms with Crippen LogP contribution in [-0.4, -0.2) is 78.0 Å². The van der Waals surface area contributed by atoms with Crippen LogP contribution in [-0.2, 0) is 18.3 Å². The summed E-state index contributed by atoms with van der Waals surface area (Å²) in [6, 6.07) is 8.44. The minimum atomic E-state index is 0.246. The molecule has 5 heteroatoms. The number of carbonyl (C=O) groups is 1. The number of aromatic nitrogens is 1. The van der Waals surface area contributed by atoms with Crippen LogP contribution in [0.5, 0.6) is 0 Å². The van der Waals surface area contributed by atoms with Crippen LogP contribution < -0.4 is 0 Å². The average Bonchev–Trinajstić information content (AvgIpc) is 3.10. The first-order chi connectivity index (χ1) is 14.9. The number of aryl methyl sites for hydroxylation is 2. The van der Waals surface area contributed by atoms with E-state index in [1.807, 2.05) is 11.9 Å². The van der Waals surface area contributed by atoms with Crippen LogP contribution in [0, 0.1) is 0 Å². The Morgan fingerprint density at radius 2 is 1.84 bits per heavy atom. The van der Waals surface area contributed by atoms with Crippen LogP contribution in [0.2, 0.25) is 0 Å². The lowest BCUT2D eigenvalue weighted by Crippen LogP contribution is -2.53. The summed E-state index contributed by atoms with van der Waals surface area (Å²) in [6.45, 7) is 6.36. The van der Waals surface area contributed by atoms with Crippen molar-refractivity contribution in [2.45, 2.75) is 57.4 Å². The minimum absolute atomic E-state index is 0.246. The Balaban J connectivity index is 1.44. The molecule has 0 unspecified atom stereocenters. The van der Waals surface area contributed by atoms with E-state index in [2.05, 4.69) is 72.9 Å². The van der Waals surface area contributed by atoms with Crippen LogP contribution in [0.3, 0.4) is 0 Å². The second kappa shape index (κ2) is 10.6. The second-order valence-corrected chi connectivity index (χ2v) is 9.66. The maximum atomic E-state index is 12.7. The average molecular weight is 427 g/mol. The van der Waals surface area contributed by atoms with Crippen molar-refractivity contribution in [3.63, 3.8) is 0 Å². The fourth-order valence-corrected chi connectivity index (χ4v) is 5.09. The Labute approximate surface area is 189 Å². The van der Waals surface area contributed by atoms with Crippen molar-refractivity contribution >= 4 is 16.8 Å². The molecule has 0 spiro atoms. The summed E-state index contributed by atoms with van der Waals surface area (Å²) in [5.74, 6) is 0.246. The van der Waals surface area contributed by atoms with Gasteiger partial charge in [0, 0.05) is 56.2 Å². The largest absolute Gasteiger partial charge is 0.350 e. The summed E-state index contributed by atoms with van der Waals surface area (Å²) >= 11 is 0. The Bertz CT molecular complexity index is 848. The number of amides is 1. The standard InChI is InChI=1S/C26H42N4O/c1-6-7-14-26(27(2)3)15-17-30(18-16-26)20-19-28(4)25(31)13-12-22-21-29(5)24-11-9-8-10-23(22)24/h8-11,21H,6-7,12-20H2,1-5H3. The molecule has 1 aliphatic rings. The molecule has 3 rings (SSSR count). The molecule has 0 aliphatic carbocycles. The number of hydrogen-bond acceptors (Lipinski definition) is 3. The molecule has 2 heterocycles. The third kappa shape index (κ3) is 5.69. The zero-order valence-corrected chi connectivity index (χ0v) is 20.4. The number of para-hydroxylation sites is 1. The van der Waals surface area contributed by atoms with Crippen LogP contribution in [0.25, 0.3) is 10.9 Å². The number of rotatable bonds is 10. The normalized spacial score (nSPS) is 16.8. The van der Waals surface area contributed by atoms with Crippen molar-refractivity contribution in [2.24, 2.45) is 7.05 Å².